The first-order valence-electron chi connectivity index (χ1n) is 8.61. The molecule has 4 nitrogen and oxygen atoms in total. The highest BCUT2D eigenvalue weighted by molar-refractivity contribution is 6.35. The van der Waals surface area contributed by atoms with E-state index in [4.69, 9.17) is 23.2 Å². The molecule has 1 aromatic carbocycles. The molecule has 1 heterocycles. The Kier molecular flexibility index (Phi) is 5.12. The number of nitrogens with one attached hydrogen (secondary N) is 1. The van der Waals surface area contributed by atoms with Gasteiger partial charge in [-0.25, -0.2) is 4.68 Å². The predicted molar refractivity (Wildman–Crippen MR) is 102 cm³/mol. The lowest BCUT2D eigenvalue weighted by Gasteiger charge is -2.18. The molecular formula is C19H23Cl2N3O. The minimum Gasteiger partial charge on any atom is -0.350 e. The quantitative estimate of drug-likeness (QED) is 0.829. The van der Waals surface area contributed by atoms with Gasteiger partial charge in [0.2, 0.25) is 0 Å². The van der Waals surface area contributed by atoms with Crippen molar-refractivity contribution >= 4 is 29.1 Å². The first-order chi connectivity index (χ1) is 11.8. The molecule has 0 fully saturated rings. The topological polar surface area (TPSA) is 46.9 Å². The van der Waals surface area contributed by atoms with Crippen molar-refractivity contribution in [2.75, 3.05) is 6.54 Å². The monoisotopic (exact) mass is 379 g/mol. The molecule has 0 spiro atoms. The van der Waals surface area contributed by atoms with Crippen molar-refractivity contribution in [1.82, 2.24) is 15.1 Å². The van der Waals surface area contributed by atoms with Crippen LogP contribution in [0.2, 0.25) is 10.0 Å². The lowest BCUT2D eigenvalue weighted by Crippen LogP contribution is -2.33. The fraction of sp³-hybridized carbons (Fsp3) is 0.474. The lowest BCUT2D eigenvalue weighted by atomic mass is 9.94. The van der Waals surface area contributed by atoms with Crippen LogP contribution in [0.25, 0.3) is 5.69 Å². The maximum atomic E-state index is 12.7. The number of amides is 1. The third-order valence-corrected chi connectivity index (χ3v) is 4.85. The van der Waals surface area contributed by atoms with Crippen LogP contribution in [0.15, 0.2) is 18.2 Å². The Balaban J connectivity index is 2.01. The minimum absolute atomic E-state index is 0.0256. The van der Waals surface area contributed by atoms with Crippen molar-refractivity contribution in [3.05, 3.63) is 45.2 Å². The van der Waals surface area contributed by atoms with Gasteiger partial charge < -0.3 is 5.32 Å². The average molecular weight is 380 g/mol. The summed E-state index contributed by atoms with van der Waals surface area (Å²) in [5, 5.41) is 8.75. The Labute approximate surface area is 158 Å². The number of benzene rings is 1. The number of aromatic nitrogens is 2. The zero-order valence-electron chi connectivity index (χ0n) is 14.8. The van der Waals surface area contributed by atoms with Crippen LogP contribution in [-0.4, -0.2) is 22.2 Å². The molecule has 0 aliphatic heterocycles. The van der Waals surface area contributed by atoms with E-state index in [9.17, 15) is 4.79 Å². The van der Waals surface area contributed by atoms with Crippen LogP contribution in [0.3, 0.4) is 0 Å². The molecule has 1 aliphatic carbocycles. The normalized spacial score (nSPS) is 14.3. The highest BCUT2D eigenvalue weighted by Gasteiger charge is 2.26. The standard InChI is InChI=1S/C19H23Cl2N3O/c1-19(2,3)11-22-18(25)17-13-6-4-5-7-15(13)24(23-17)16-9-8-12(20)10-14(16)21/h8-10H,4-7,11H2,1-3H3,(H,22,25). The number of halogens is 2. The highest BCUT2D eigenvalue weighted by atomic mass is 35.5. The van der Waals surface area contributed by atoms with E-state index in [2.05, 4.69) is 31.2 Å². The van der Waals surface area contributed by atoms with E-state index in [1.54, 1.807) is 12.1 Å². The third-order valence-electron chi connectivity index (χ3n) is 4.31. The molecule has 134 valence electrons. The van der Waals surface area contributed by atoms with E-state index >= 15 is 0 Å². The van der Waals surface area contributed by atoms with Crippen molar-refractivity contribution in [3.8, 4) is 5.69 Å². The van der Waals surface area contributed by atoms with E-state index in [1.807, 2.05) is 10.7 Å². The number of nitrogens with zero attached hydrogens (tertiary/aromatic N) is 2. The summed E-state index contributed by atoms with van der Waals surface area (Å²) in [7, 11) is 0. The summed E-state index contributed by atoms with van der Waals surface area (Å²) in [4.78, 5) is 12.7. The summed E-state index contributed by atoms with van der Waals surface area (Å²) in [6.45, 7) is 6.88. The second-order valence-corrected chi connectivity index (χ2v) is 8.58. The number of hydrogen-bond acceptors (Lipinski definition) is 2. The van der Waals surface area contributed by atoms with Gasteiger partial charge in [0.1, 0.15) is 0 Å². The van der Waals surface area contributed by atoms with Crippen LogP contribution in [0.4, 0.5) is 0 Å². The van der Waals surface area contributed by atoms with Gasteiger partial charge in [-0.15, -0.1) is 0 Å². The smallest absolute Gasteiger partial charge is 0.272 e. The van der Waals surface area contributed by atoms with Crippen molar-refractivity contribution in [2.24, 2.45) is 5.41 Å². The Morgan fingerprint density at radius 1 is 1.24 bits per heavy atom. The van der Waals surface area contributed by atoms with E-state index in [1.165, 1.54) is 0 Å². The summed E-state index contributed by atoms with van der Waals surface area (Å²) in [6, 6.07) is 5.34. The van der Waals surface area contributed by atoms with Crippen LogP contribution >= 0.6 is 23.2 Å². The zero-order valence-corrected chi connectivity index (χ0v) is 16.3. The van der Waals surface area contributed by atoms with Crippen LogP contribution in [0, 0.1) is 5.41 Å². The Hall–Kier alpha value is -1.52. The fourth-order valence-corrected chi connectivity index (χ4v) is 3.55. The maximum absolute atomic E-state index is 12.7. The average Bonchev–Trinajstić information content (AvgIpc) is 2.92. The van der Waals surface area contributed by atoms with Crippen molar-refractivity contribution in [1.29, 1.82) is 0 Å². The zero-order chi connectivity index (χ0) is 18.2. The Bertz CT molecular complexity index is 806. The van der Waals surface area contributed by atoms with E-state index in [0.29, 0.717) is 22.3 Å². The van der Waals surface area contributed by atoms with Gasteiger partial charge in [-0.3, -0.25) is 4.79 Å². The van der Waals surface area contributed by atoms with Crippen molar-refractivity contribution < 1.29 is 4.79 Å². The Morgan fingerprint density at radius 3 is 2.64 bits per heavy atom. The van der Waals surface area contributed by atoms with Crippen molar-refractivity contribution in [2.45, 2.75) is 46.5 Å². The van der Waals surface area contributed by atoms with Crippen LogP contribution in [-0.2, 0) is 12.8 Å². The molecular weight excluding hydrogens is 357 g/mol. The summed E-state index contributed by atoms with van der Waals surface area (Å²) < 4.78 is 1.82. The van der Waals surface area contributed by atoms with Gasteiger partial charge in [-0.05, 0) is 49.3 Å². The molecule has 0 saturated carbocycles. The molecule has 1 amide bonds. The van der Waals surface area contributed by atoms with Crippen molar-refractivity contribution in [3.63, 3.8) is 0 Å². The summed E-state index contributed by atoms with van der Waals surface area (Å²) in [5.41, 5.74) is 3.43. The van der Waals surface area contributed by atoms with E-state index in [-0.39, 0.29) is 11.3 Å². The second-order valence-electron chi connectivity index (χ2n) is 7.73. The van der Waals surface area contributed by atoms with Crippen LogP contribution < -0.4 is 5.32 Å². The SMILES string of the molecule is CC(C)(C)CNC(=O)c1nn(-c2ccc(Cl)cc2Cl)c2c1CCCC2. The van der Waals surface area contributed by atoms with Gasteiger partial charge in [-0.1, -0.05) is 44.0 Å². The number of carbonyl (C=O) groups is 1. The van der Waals surface area contributed by atoms with Gasteiger partial charge in [-0.2, -0.15) is 5.10 Å². The Morgan fingerprint density at radius 2 is 1.96 bits per heavy atom. The van der Waals surface area contributed by atoms with E-state index < -0.39 is 0 Å². The molecule has 1 aromatic heterocycles. The number of carbonyl (C=O) groups excluding carboxylic acids is 1. The van der Waals surface area contributed by atoms with E-state index in [0.717, 1.165) is 42.6 Å². The molecule has 0 radical (unpaired) electrons. The highest BCUT2D eigenvalue weighted by Crippen LogP contribution is 2.31. The molecule has 2 aromatic rings. The second kappa shape index (κ2) is 7.00. The van der Waals surface area contributed by atoms with Crippen LogP contribution in [0.5, 0.6) is 0 Å². The minimum atomic E-state index is -0.114. The molecule has 0 saturated heterocycles. The van der Waals surface area contributed by atoms with Gasteiger partial charge in [0.15, 0.2) is 5.69 Å². The predicted octanol–water partition coefficient (Wildman–Crippen LogP) is 4.83. The number of rotatable bonds is 3. The summed E-state index contributed by atoms with van der Waals surface area (Å²) in [6.07, 6.45) is 3.94. The fourth-order valence-electron chi connectivity index (χ4n) is 3.06. The summed E-state index contributed by atoms with van der Waals surface area (Å²) >= 11 is 12.4. The summed E-state index contributed by atoms with van der Waals surface area (Å²) in [5.74, 6) is -0.114. The molecule has 1 N–H and O–H groups in total. The molecule has 0 atom stereocenters. The third kappa shape index (κ3) is 4.01. The van der Waals surface area contributed by atoms with Gasteiger partial charge >= 0.3 is 0 Å². The molecule has 6 heteroatoms. The molecule has 0 bridgehead atoms. The largest absolute Gasteiger partial charge is 0.350 e. The van der Waals surface area contributed by atoms with Gasteiger partial charge in [0.05, 0.1) is 10.7 Å². The van der Waals surface area contributed by atoms with Gasteiger partial charge in [0, 0.05) is 22.8 Å². The van der Waals surface area contributed by atoms with Gasteiger partial charge in [0.25, 0.3) is 5.91 Å². The maximum Gasteiger partial charge on any atom is 0.272 e. The first kappa shape index (κ1) is 18.3. The number of fused-ring (bicyclic) bond motifs is 1. The molecule has 3 rings (SSSR count). The first-order valence-corrected chi connectivity index (χ1v) is 9.36. The molecule has 25 heavy (non-hydrogen) atoms. The van der Waals surface area contributed by atoms with Crippen LogP contribution in [0.1, 0.15) is 55.4 Å². The number of hydrogen-bond donors (Lipinski definition) is 1. The molecule has 1 aliphatic rings. The molecule has 0 unspecified atom stereocenters. The lowest BCUT2D eigenvalue weighted by molar-refractivity contribution is 0.0933.